The van der Waals surface area contributed by atoms with Gasteiger partial charge in [0.25, 0.3) is 5.91 Å². The van der Waals surface area contributed by atoms with Crippen molar-refractivity contribution in [1.82, 2.24) is 4.90 Å². The second-order valence-corrected chi connectivity index (χ2v) is 5.73. The highest BCUT2D eigenvalue weighted by molar-refractivity contribution is 5.97. The highest BCUT2D eigenvalue weighted by Crippen LogP contribution is 2.29. The molecule has 0 aromatic heterocycles. The average molecular weight is 287 g/mol. The van der Waals surface area contributed by atoms with Crippen molar-refractivity contribution in [3.63, 3.8) is 0 Å². The van der Waals surface area contributed by atoms with Crippen molar-refractivity contribution in [2.24, 2.45) is 0 Å². The molecule has 4 heteroatoms. The van der Waals surface area contributed by atoms with E-state index in [1.165, 1.54) is 0 Å². The lowest BCUT2D eigenvalue weighted by molar-refractivity contribution is -0.150. The zero-order valence-corrected chi connectivity index (χ0v) is 12.8. The zero-order valence-electron chi connectivity index (χ0n) is 12.8. The number of hydrogen-bond acceptors (Lipinski definition) is 3. The number of rotatable bonds is 4. The number of ether oxygens (including phenoxy) is 1. The molecular weight excluding hydrogens is 266 g/mol. The summed E-state index contributed by atoms with van der Waals surface area (Å²) in [4.78, 5) is 26.5. The minimum absolute atomic E-state index is 0.171. The Bertz CT molecular complexity index is 593. The summed E-state index contributed by atoms with van der Waals surface area (Å²) in [6.07, 6.45) is 0.403. The second-order valence-electron chi connectivity index (χ2n) is 5.73. The number of nitrogens with zero attached hydrogens (tertiary/aromatic N) is 1. The van der Waals surface area contributed by atoms with Crippen LogP contribution in [0.15, 0.2) is 36.4 Å². The molecule has 0 spiro atoms. The summed E-state index contributed by atoms with van der Waals surface area (Å²) in [5.74, 6) is -0.602. The fourth-order valence-corrected chi connectivity index (χ4v) is 2.64. The summed E-state index contributed by atoms with van der Waals surface area (Å²) in [7, 11) is 0. The molecule has 0 saturated heterocycles. The number of fused-ring (bicyclic) bond motifs is 1. The predicted octanol–water partition coefficient (Wildman–Crippen LogP) is 2.58. The van der Waals surface area contributed by atoms with Crippen LogP contribution in [0.4, 0.5) is 0 Å². The van der Waals surface area contributed by atoms with Gasteiger partial charge in [0.1, 0.15) is 0 Å². The molecule has 1 aliphatic heterocycles. The van der Waals surface area contributed by atoms with Crippen LogP contribution in [0.3, 0.4) is 0 Å². The Kier molecular flexibility index (Phi) is 4.16. The van der Waals surface area contributed by atoms with Gasteiger partial charge < -0.3 is 9.64 Å². The largest absolute Gasteiger partial charge is 0.445 e. The van der Waals surface area contributed by atoms with E-state index < -0.39 is 11.6 Å². The van der Waals surface area contributed by atoms with Gasteiger partial charge in [-0.15, -0.1) is 0 Å². The maximum absolute atomic E-state index is 12.7. The standard InChI is InChI=1S/C17H21NO3/c1-5-18(11-12(2)3)16(20)17(4)10-13-8-6-7-9-14(13)15(19)21-17/h6-9H,2,5,10-11H2,1,3-4H3. The number of cyclic esters (lactones) is 1. The molecule has 0 bridgehead atoms. The number of benzene rings is 1. The van der Waals surface area contributed by atoms with E-state index in [0.29, 0.717) is 25.1 Å². The van der Waals surface area contributed by atoms with E-state index in [2.05, 4.69) is 6.58 Å². The minimum atomic E-state index is -1.14. The van der Waals surface area contributed by atoms with Gasteiger partial charge in [-0.25, -0.2) is 4.79 Å². The molecule has 1 unspecified atom stereocenters. The SMILES string of the molecule is C=C(C)CN(CC)C(=O)C1(C)Cc2ccccc2C(=O)O1. The van der Waals surface area contributed by atoms with Gasteiger partial charge >= 0.3 is 5.97 Å². The van der Waals surface area contributed by atoms with Crippen LogP contribution in [0.2, 0.25) is 0 Å². The lowest BCUT2D eigenvalue weighted by atomic mass is 9.89. The molecule has 1 aromatic rings. The Balaban J connectivity index is 2.29. The van der Waals surface area contributed by atoms with Crippen LogP contribution in [0.1, 0.15) is 36.7 Å². The van der Waals surface area contributed by atoms with Crippen LogP contribution < -0.4 is 0 Å². The first-order valence-electron chi connectivity index (χ1n) is 7.12. The van der Waals surface area contributed by atoms with Crippen LogP contribution in [-0.4, -0.2) is 35.5 Å². The van der Waals surface area contributed by atoms with E-state index in [0.717, 1.165) is 11.1 Å². The van der Waals surface area contributed by atoms with Crippen molar-refractivity contribution in [1.29, 1.82) is 0 Å². The minimum Gasteiger partial charge on any atom is -0.445 e. The summed E-state index contributed by atoms with van der Waals surface area (Å²) in [5, 5.41) is 0. The molecule has 1 atom stereocenters. The zero-order chi connectivity index (χ0) is 15.6. The van der Waals surface area contributed by atoms with Crippen molar-refractivity contribution >= 4 is 11.9 Å². The Morgan fingerprint density at radius 2 is 2.10 bits per heavy atom. The Labute approximate surface area is 125 Å². The molecule has 4 nitrogen and oxygen atoms in total. The lowest BCUT2D eigenvalue weighted by Gasteiger charge is -2.37. The van der Waals surface area contributed by atoms with Crippen molar-refractivity contribution < 1.29 is 14.3 Å². The highest BCUT2D eigenvalue weighted by Gasteiger charge is 2.44. The first kappa shape index (κ1) is 15.3. The van der Waals surface area contributed by atoms with Gasteiger partial charge in [-0.05, 0) is 32.4 Å². The average Bonchev–Trinajstić information content (AvgIpc) is 2.43. The maximum atomic E-state index is 12.7. The third-order valence-corrected chi connectivity index (χ3v) is 3.67. The third kappa shape index (κ3) is 2.99. The number of amides is 1. The van der Waals surface area contributed by atoms with Crippen LogP contribution in [0.5, 0.6) is 0 Å². The van der Waals surface area contributed by atoms with Crippen LogP contribution in [0.25, 0.3) is 0 Å². The molecule has 21 heavy (non-hydrogen) atoms. The number of likely N-dealkylation sites (N-methyl/N-ethyl adjacent to an activating group) is 1. The first-order valence-corrected chi connectivity index (χ1v) is 7.12. The monoisotopic (exact) mass is 287 g/mol. The number of carbonyl (C=O) groups is 2. The van der Waals surface area contributed by atoms with Crippen molar-refractivity contribution in [2.75, 3.05) is 13.1 Å². The van der Waals surface area contributed by atoms with Crippen molar-refractivity contribution in [3.05, 3.63) is 47.5 Å². The molecule has 0 radical (unpaired) electrons. The van der Waals surface area contributed by atoms with E-state index >= 15 is 0 Å². The van der Waals surface area contributed by atoms with Gasteiger partial charge in [-0.1, -0.05) is 30.4 Å². The summed E-state index contributed by atoms with van der Waals surface area (Å²) in [6.45, 7) is 10.3. The van der Waals surface area contributed by atoms with E-state index in [4.69, 9.17) is 4.74 Å². The van der Waals surface area contributed by atoms with E-state index in [1.54, 1.807) is 24.0 Å². The lowest BCUT2D eigenvalue weighted by Crippen LogP contribution is -2.53. The normalized spacial score (nSPS) is 20.4. The summed E-state index contributed by atoms with van der Waals surface area (Å²) in [5.41, 5.74) is 1.16. The molecule has 112 valence electrons. The molecule has 1 amide bonds. The van der Waals surface area contributed by atoms with Gasteiger partial charge in [0.2, 0.25) is 0 Å². The fraction of sp³-hybridized carbons (Fsp3) is 0.412. The second kappa shape index (κ2) is 5.72. The van der Waals surface area contributed by atoms with E-state index in [-0.39, 0.29) is 5.91 Å². The van der Waals surface area contributed by atoms with Crippen molar-refractivity contribution in [3.8, 4) is 0 Å². The van der Waals surface area contributed by atoms with Crippen molar-refractivity contribution in [2.45, 2.75) is 32.8 Å². The fourth-order valence-electron chi connectivity index (χ4n) is 2.64. The van der Waals surface area contributed by atoms with E-state index in [9.17, 15) is 9.59 Å². The quantitative estimate of drug-likeness (QED) is 0.631. The number of carbonyl (C=O) groups excluding carboxylic acids is 2. The van der Waals surface area contributed by atoms with Crippen LogP contribution >= 0.6 is 0 Å². The van der Waals surface area contributed by atoms with Gasteiger partial charge in [0.15, 0.2) is 5.60 Å². The smallest absolute Gasteiger partial charge is 0.339 e. The Morgan fingerprint density at radius 3 is 2.71 bits per heavy atom. The Hall–Kier alpha value is -2.10. The molecule has 1 aromatic carbocycles. The summed E-state index contributed by atoms with van der Waals surface area (Å²) < 4.78 is 5.47. The molecular formula is C17H21NO3. The summed E-state index contributed by atoms with van der Waals surface area (Å²) >= 11 is 0. The number of hydrogen-bond donors (Lipinski definition) is 0. The predicted molar refractivity (Wildman–Crippen MR) is 81.0 cm³/mol. The van der Waals surface area contributed by atoms with Gasteiger partial charge in [-0.2, -0.15) is 0 Å². The van der Waals surface area contributed by atoms with Gasteiger partial charge in [0, 0.05) is 19.5 Å². The van der Waals surface area contributed by atoms with Crippen LogP contribution in [-0.2, 0) is 16.0 Å². The molecule has 0 aliphatic carbocycles. The van der Waals surface area contributed by atoms with Crippen LogP contribution in [0, 0.1) is 0 Å². The molecule has 2 rings (SSSR count). The van der Waals surface area contributed by atoms with E-state index in [1.807, 2.05) is 26.0 Å². The molecule has 0 N–H and O–H groups in total. The maximum Gasteiger partial charge on any atom is 0.339 e. The Morgan fingerprint density at radius 1 is 1.43 bits per heavy atom. The third-order valence-electron chi connectivity index (χ3n) is 3.67. The molecule has 0 fully saturated rings. The van der Waals surface area contributed by atoms with Gasteiger partial charge in [-0.3, -0.25) is 4.79 Å². The number of esters is 1. The topological polar surface area (TPSA) is 46.6 Å². The molecule has 0 saturated carbocycles. The first-order chi connectivity index (χ1) is 9.87. The highest BCUT2D eigenvalue weighted by atomic mass is 16.6. The van der Waals surface area contributed by atoms with Gasteiger partial charge in [0.05, 0.1) is 5.56 Å². The molecule has 1 aliphatic rings. The molecule has 1 heterocycles. The summed E-state index contributed by atoms with van der Waals surface area (Å²) in [6, 6.07) is 7.27.